The second-order valence-electron chi connectivity index (χ2n) is 6.95. The first kappa shape index (κ1) is 16.9. The minimum absolute atomic E-state index is 0.411. The largest absolute Gasteiger partial charge is 0.487 e. The fraction of sp³-hybridized carbons (Fsp3) is 0.318. The predicted molar refractivity (Wildman–Crippen MR) is 102 cm³/mol. The third-order valence-electron chi connectivity index (χ3n) is 4.82. The molecule has 1 aliphatic rings. The fourth-order valence-corrected chi connectivity index (χ4v) is 3.06. The van der Waals surface area contributed by atoms with Crippen molar-refractivity contribution in [2.75, 3.05) is 13.1 Å². The normalized spacial score (nSPS) is 14.2. The molecule has 0 spiro atoms. The number of oxazole rings is 1. The van der Waals surface area contributed by atoms with E-state index in [1.807, 2.05) is 25.1 Å². The number of rotatable bonds is 6. The van der Waals surface area contributed by atoms with Crippen molar-refractivity contribution in [2.24, 2.45) is 0 Å². The van der Waals surface area contributed by atoms with Gasteiger partial charge in [0.15, 0.2) is 0 Å². The SMILES string of the molecule is Cc1ccc(-c2nc(COc3cccc(CN4CCC4)c3)c(C)o2)cc1. The minimum Gasteiger partial charge on any atom is -0.487 e. The van der Waals surface area contributed by atoms with Crippen LogP contribution in [0.2, 0.25) is 0 Å². The molecule has 4 rings (SSSR count). The van der Waals surface area contributed by atoms with Gasteiger partial charge >= 0.3 is 0 Å². The Hall–Kier alpha value is -2.59. The van der Waals surface area contributed by atoms with Crippen LogP contribution in [0.5, 0.6) is 5.75 Å². The Kier molecular flexibility index (Phi) is 4.76. The fourth-order valence-electron chi connectivity index (χ4n) is 3.06. The summed E-state index contributed by atoms with van der Waals surface area (Å²) in [6.45, 7) is 7.81. The average Bonchev–Trinajstić information content (AvgIpc) is 2.98. The summed E-state index contributed by atoms with van der Waals surface area (Å²) in [5, 5.41) is 0. The van der Waals surface area contributed by atoms with Crippen LogP contribution in [0.15, 0.2) is 52.9 Å². The van der Waals surface area contributed by atoms with E-state index in [1.54, 1.807) is 0 Å². The zero-order valence-corrected chi connectivity index (χ0v) is 15.4. The van der Waals surface area contributed by atoms with E-state index < -0.39 is 0 Å². The smallest absolute Gasteiger partial charge is 0.226 e. The summed E-state index contributed by atoms with van der Waals surface area (Å²) in [4.78, 5) is 7.06. The quantitative estimate of drug-likeness (QED) is 0.645. The van der Waals surface area contributed by atoms with Crippen molar-refractivity contribution in [3.05, 3.63) is 71.1 Å². The minimum atomic E-state index is 0.411. The van der Waals surface area contributed by atoms with E-state index in [4.69, 9.17) is 9.15 Å². The van der Waals surface area contributed by atoms with Crippen LogP contribution in [-0.4, -0.2) is 23.0 Å². The van der Waals surface area contributed by atoms with E-state index >= 15 is 0 Å². The topological polar surface area (TPSA) is 38.5 Å². The van der Waals surface area contributed by atoms with Gasteiger partial charge < -0.3 is 9.15 Å². The van der Waals surface area contributed by atoms with Gasteiger partial charge in [-0.2, -0.15) is 0 Å². The van der Waals surface area contributed by atoms with E-state index in [9.17, 15) is 0 Å². The van der Waals surface area contributed by atoms with Crippen molar-refractivity contribution in [2.45, 2.75) is 33.4 Å². The van der Waals surface area contributed by atoms with Crippen LogP contribution < -0.4 is 4.74 Å². The Morgan fingerprint density at radius 1 is 1.08 bits per heavy atom. The first-order valence-corrected chi connectivity index (χ1v) is 9.15. The molecule has 0 aliphatic carbocycles. The van der Waals surface area contributed by atoms with Crippen LogP contribution >= 0.6 is 0 Å². The van der Waals surface area contributed by atoms with Crippen molar-refractivity contribution in [1.29, 1.82) is 0 Å². The summed E-state index contributed by atoms with van der Waals surface area (Å²) in [5.74, 6) is 2.33. The summed E-state index contributed by atoms with van der Waals surface area (Å²) in [6, 6.07) is 16.5. The Morgan fingerprint density at radius 2 is 1.88 bits per heavy atom. The van der Waals surface area contributed by atoms with Crippen molar-refractivity contribution in [1.82, 2.24) is 9.88 Å². The van der Waals surface area contributed by atoms with Gasteiger partial charge in [-0.15, -0.1) is 0 Å². The molecule has 134 valence electrons. The van der Waals surface area contributed by atoms with E-state index in [0.717, 1.165) is 29.3 Å². The monoisotopic (exact) mass is 348 g/mol. The van der Waals surface area contributed by atoms with Crippen LogP contribution in [0.4, 0.5) is 0 Å². The number of aromatic nitrogens is 1. The molecule has 2 aromatic carbocycles. The summed E-state index contributed by atoms with van der Waals surface area (Å²) in [6.07, 6.45) is 1.31. The number of hydrogen-bond acceptors (Lipinski definition) is 4. The maximum Gasteiger partial charge on any atom is 0.226 e. The Morgan fingerprint density at radius 3 is 2.62 bits per heavy atom. The molecule has 1 fully saturated rings. The highest BCUT2D eigenvalue weighted by molar-refractivity contribution is 5.54. The first-order valence-electron chi connectivity index (χ1n) is 9.15. The average molecular weight is 348 g/mol. The Bertz CT molecular complexity index is 879. The van der Waals surface area contributed by atoms with Crippen LogP contribution in [0.25, 0.3) is 11.5 Å². The number of hydrogen-bond donors (Lipinski definition) is 0. The van der Waals surface area contributed by atoms with Gasteiger partial charge in [0.1, 0.15) is 23.8 Å². The maximum absolute atomic E-state index is 5.97. The Labute approximate surface area is 154 Å². The highest BCUT2D eigenvalue weighted by Gasteiger charge is 2.15. The lowest BCUT2D eigenvalue weighted by Crippen LogP contribution is -2.36. The molecule has 0 radical (unpaired) electrons. The molecule has 0 bridgehead atoms. The summed E-state index contributed by atoms with van der Waals surface area (Å²) in [5.41, 5.74) is 4.34. The highest BCUT2D eigenvalue weighted by Crippen LogP contribution is 2.24. The molecule has 0 unspecified atom stereocenters. The van der Waals surface area contributed by atoms with Gasteiger partial charge in [-0.3, -0.25) is 4.90 Å². The molecule has 1 aromatic heterocycles. The van der Waals surface area contributed by atoms with Crippen LogP contribution in [-0.2, 0) is 13.2 Å². The number of aryl methyl sites for hydroxylation is 2. The van der Waals surface area contributed by atoms with Crippen molar-refractivity contribution in [3.63, 3.8) is 0 Å². The van der Waals surface area contributed by atoms with Crippen molar-refractivity contribution < 1.29 is 9.15 Å². The van der Waals surface area contributed by atoms with Gasteiger partial charge in [-0.25, -0.2) is 4.98 Å². The van der Waals surface area contributed by atoms with E-state index in [2.05, 4.69) is 47.1 Å². The van der Waals surface area contributed by atoms with Gasteiger partial charge in [0.25, 0.3) is 0 Å². The maximum atomic E-state index is 5.97. The highest BCUT2D eigenvalue weighted by atomic mass is 16.5. The standard InChI is InChI=1S/C22H24N2O2/c1-16-7-9-19(10-8-16)22-23-21(17(2)26-22)15-25-20-6-3-5-18(13-20)14-24-11-4-12-24/h3,5-10,13H,4,11-12,14-15H2,1-2H3. The molecular formula is C22H24N2O2. The molecule has 3 aromatic rings. The zero-order chi connectivity index (χ0) is 17.9. The lowest BCUT2D eigenvalue weighted by Gasteiger charge is -2.30. The number of benzene rings is 2. The number of likely N-dealkylation sites (tertiary alicyclic amines) is 1. The predicted octanol–water partition coefficient (Wildman–Crippen LogP) is 4.74. The molecule has 4 heteroatoms. The molecule has 26 heavy (non-hydrogen) atoms. The molecule has 0 N–H and O–H groups in total. The van der Waals surface area contributed by atoms with Gasteiger partial charge in [0.05, 0.1) is 0 Å². The third kappa shape index (κ3) is 3.81. The van der Waals surface area contributed by atoms with Crippen molar-refractivity contribution in [3.8, 4) is 17.2 Å². The third-order valence-corrected chi connectivity index (χ3v) is 4.82. The van der Waals surface area contributed by atoms with Crippen LogP contribution in [0, 0.1) is 13.8 Å². The molecule has 1 aliphatic heterocycles. The summed E-state index contributed by atoms with van der Waals surface area (Å²) >= 11 is 0. The number of nitrogens with zero attached hydrogens (tertiary/aromatic N) is 2. The molecule has 2 heterocycles. The van der Waals surface area contributed by atoms with E-state index in [1.165, 1.54) is 30.6 Å². The molecule has 1 saturated heterocycles. The second-order valence-corrected chi connectivity index (χ2v) is 6.95. The van der Waals surface area contributed by atoms with Crippen molar-refractivity contribution >= 4 is 0 Å². The lowest BCUT2D eigenvalue weighted by molar-refractivity contribution is 0.172. The summed E-state index contributed by atoms with van der Waals surface area (Å²) in [7, 11) is 0. The van der Waals surface area contributed by atoms with Gasteiger partial charge in [0, 0.05) is 12.1 Å². The van der Waals surface area contributed by atoms with Gasteiger partial charge in [-0.1, -0.05) is 29.8 Å². The summed E-state index contributed by atoms with van der Waals surface area (Å²) < 4.78 is 11.8. The van der Waals surface area contributed by atoms with E-state index in [0.29, 0.717) is 12.5 Å². The molecule has 0 saturated carbocycles. The second kappa shape index (κ2) is 7.34. The van der Waals surface area contributed by atoms with Gasteiger partial charge in [0.2, 0.25) is 5.89 Å². The van der Waals surface area contributed by atoms with Gasteiger partial charge in [-0.05, 0) is 63.2 Å². The lowest BCUT2D eigenvalue weighted by atomic mass is 10.1. The van der Waals surface area contributed by atoms with Crippen LogP contribution in [0.1, 0.15) is 29.0 Å². The zero-order valence-electron chi connectivity index (χ0n) is 15.4. The molecule has 4 nitrogen and oxygen atoms in total. The molecule has 0 amide bonds. The van der Waals surface area contributed by atoms with Crippen LogP contribution in [0.3, 0.4) is 0 Å². The first-order chi connectivity index (χ1) is 12.7. The molecular weight excluding hydrogens is 324 g/mol. The van der Waals surface area contributed by atoms with E-state index in [-0.39, 0.29) is 0 Å². The number of ether oxygens (including phenoxy) is 1. The molecule has 0 atom stereocenters. The Balaban J connectivity index is 1.43.